The third-order valence-corrected chi connectivity index (χ3v) is 4.43. The average Bonchev–Trinajstić information content (AvgIpc) is 2.95. The number of fused-ring (bicyclic) bond motifs is 1. The highest BCUT2D eigenvalue weighted by molar-refractivity contribution is 9.10. The van der Waals surface area contributed by atoms with Crippen molar-refractivity contribution in [3.05, 3.63) is 46.4 Å². The highest BCUT2D eigenvalue weighted by atomic mass is 79.9. The van der Waals surface area contributed by atoms with E-state index in [-0.39, 0.29) is 5.91 Å². The molecule has 20 heavy (non-hydrogen) atoms. The van der Waals surface area contributed by atoms with Gasteiger partial charge in [-0.1, -0.05) is 28.1 Å². The van der Waals surface area contributed by atoms with Crippen LogP contribution in [0.15, 0.2) is 40.9 Å². The van der Waals surface area contributed by atoms with Crippen LogP contribution >= 0.6 is 15.9 Å². The minimum absolute atomic E-state index is 0.132. The molecule has 1 heterocycles. The van der Waals surface area contributed by atoms with Crippen molar-refractivity contribution in [2.75, 3.05) is 20.1 Å². The van der Waals surface area contributed by atoms with Crippen molar-refractivity contribution >= 4 is 32.6 Å². The lowest BCUT2D eigenvalue weighted by Gasteiger charge is -2.16. The van der Waals surface area contributed by atoms with Gasteiger partial charge in [-0.15, -0.1) is 0 Å². The second kappa shape index (κ2) is 5.54. The average molecular weight is 333 g/mol. The summed E-state index contributed by atoms with van der Waals surface area (Å²) < 4.78 is 1.06. The molecule has 3 rings (SSSR count). The number of likely N-dealkylation sites (N-methyl/N-ethyl adjacent to an activating group) is 1. The Labute approximate surface area is 127 Å². The van der Waals surface area contributed by atoms with Crippen molar-refractivity contribution in [2.45, 2.75) is 12.5 Å². The van der Waals surface area contributed by atoms with E-state index in [1.807, 2.05) is 42.3 Å². The summed E-state index contributed by atoms with van der Waals surface area (Å²) in [6.07, 6.45) is 1.03. The largest absolute Gasteiger partial charge is 0.337 e. The van der Waals surface area contributed by atoms with Crippen molar-refractivity contribution in [3.8, 4) is 0 Å². The summed E-state index contributed by atoms with van der Waals surface area (Å²) in [4.78, 5) is 14.4. The second-order valence-electron chi connectivity index (χ2n) is 5.23. The number of rotatable bonds is 2. The predicted octanol–water partition coefficient (Wildman–Crippen LogP) is 3.04. The molecule has 2 aromatic carbocycles. The van der Waals surface area contributed by atoms with Gasteiger partial charge in [0.05, 0.1) is 0 Å². The molecule has 0 aliphatic carbocycles. The highest BCUT2D eigenvalue weighted by Gasteiger charge is 2.25. The van der Waals surface area contributed by atoms with Gasteiger partial charge in [-0.05, 0) is 48.5 Å². The Kier molecular flexibility index (Phi) is 3.76. The van der Waals surface area contributed by atoms with Crippen LogP contribution in [0.5, 0.6) is 0 Å². The van der Waals surface area contributed by atoms with Crippen LogP contribution in [0.1, 0.15) is 16.8 Å². The maximum absolute atomic E-state index is 12.5. The first-order valence-corrected chi connectivity index (χ1v) is 7.62. The van der Waals surface area contributed by atoms with E-state index in [0.29, 0.717) is 6.04 Å². The zero-order valence-electron chi connectivity index (χ0n) is 11.4. The maximum Gasteiger partial charge on any atom is 0.253 e. The fraction of sp³-hybridized carbons (Fsp3) is 0.312. The lowest BCUT2D eigenvalue weighted by atomic mass is 10.1. The third-order valence-electron chi connectivity index (χ3n) is 3.93. The summed E-state index contributed by atoms with van der Waals surface area (Å²) in [6, 6.07) is 12.5. The number of hydrogen-bond donors (Lipinski definition) is 1. The smallest absolute Gasteiger partial charge is 0.253 e. The van der Waals surface area contributed by atoms with Crippen LogP contribution in [0.3, 0.4) is 0 Å². The Balaban J connectivity index is 1.87. The van der Waals surface area contributed by atoms with E-state index >= 15 is 0 Å². The van der Waals surface area contributed by atoms with Crippen LogP contribution in [-0.4, -0.2) is 37.0 Å². The number of amides is 1. The molecule has 0 aromatic heterocycles. The van der Waals surface area contributed by atoms with Gasteiger partial charge in [0.2, 0.25) is 0 Å². The van der Waals surface area contributed by atoms with E-state index in [9.17, 15) is 4.79 Å². The molecule has 3 nitrogen and oxygen atoms in total. The zero-order valence-corrected chi connectivity index (χ0v) is 13.0. The first kappa shape index (κ1) is 13.6. The lowest BCUT2D eigenvalue weighted by molar-refractivity contribution is 0.0790. The van der Waals surface area contributed by atoms with Crippen molar-refractivity contribution in [1.29, 1.82) is 0 Å². The summed E-state index contributed by atoms with van der Waals surface area (Å²) in [5.74, 6) is 0.132. The highest BCUT2D eigenvalue weighted by Crippen LogP contribution is 2.22. The normalized spacial score (nSPS) is 18.7. The first-order chi connectivity index (χ1) is 9.67. The van der Waals surface area contributed by atoms with Gasteiger partial charge in [0.1, 0.15) is 0 Å². The number of nitrogens with one attached hydrogen (secondary N) is 1. The van der Waals surface area contributed by atoms with Crippen LogP contribution in [0.2, 0.25) is 0 Å². The van der Waals surface area contributed by atoms with Gasteiger partial charge >= 0.3 is 0 Å². The Hall–Kier alpha value is -1.39. The molecular weight excluding hydrogens is 316 g/mol. The minimum atomic E-state index is 0.132. The van der Waals surface area contributed by atoms with Crippen molar-refractivity contribution in [3.63, 3.8) is 0 Å². The number of hydrogen-bond acceptors (Lipinski definition) is 2. The van der Waals surface area contributed by atoms with Crippen molar-refractivity contribution in [2.24, 2.45) is 0 Å². The number of nitrogens with zero attached hydrogens (tertiary/aromatic N) is 1. The van der Waals surface area contributed by atoms with Gasteiger partial charge in [-0.3, -0.25) is 4.79 Å². The van der Waals surface area contributed by atoms with Gasteiger partial charge in [0.25, 0.3) is 5.91 Å². The first-order valence-electron chi connectivity index (χ1n) is 6.83. The minimum Gasteiger partial charge on any atom is -0.337 e. The Morgan fingerprint density at radius 1 is 1.25 bits per heavy atom. The fourth-order valence-corrected chi connectivity index (χ4v) is 3.09. The second-order valence-corrected chi connectivity index (χ2v) is 6.15. The van der Waals surface area contributed by atoms with Crippen molar-refractivity contribution in [1.82, 2.24) is 10.2 Å². The Morgan fingerprint density at radius 3 is 2.75 bits per heavy atom. The van der Waals surface area contributed by atoms with Crippen LogP contribution in [0, 0.1) is 0 Å². The van der Waals surface area contributed by atoms with Gasteiger partial charge < -0.3 is 10.2 Å². The van der Waals surface area contributed by atoms with Crippen LogP contribution in [0.25, 0.3) is 10.8 Å². The Morgan fingerprint density at radius 2 is 2.00 bits per heavy atom. The predicted molar refractivity (Wildman–Crippen MR) is 85.0 cm³/mol. The molecule has 1 aliphatic rings. The summed E-state index contributed by atoms with van der Waals surface area (Å²) >= 11 is 3.47. The van der Waals surface area contributed by atoms with E-state index in [2.05, 4.69) is 27.3 Å². The van der Waals surface area contributed by atoms with Gasteiger partial charge in [-0.2, -0.15) is 0 Å². The SMILES string of the molecule is CNC1CCN(C(=O)c2ccc3cc(Br)ccc3c2)C1. The Bertz CT molecular complexity index is 656. The van der Waals surface area contributed by atoms with E-state index in [1.165, 1.54) is 0 Å². The molecule has 1 aliphatic heterocycles. The number of halogens is 1. The topological polar surface area (TPSA) is 32.3 Å². The monoisotopic (exact) mass is 332 g/mol. The fourth-order valence-electron chi connectivity index (χ4n) is 2.71. The molecule has 104 valence electrons. The van der Waals surface area contributed by atoms with E-state index in [1.54, 1.807) is 0 Å². The summed E-state index contributed by atoms with van der Waals surface area (Å²) in [5, 5.41) is 5.48. The summed E-state index contributed by atoms with van der Waals surface area (Å²) in [5.41, 5.74) is 0.775. The molecular formula is C16H17BrN2O. The number of carbonyl (C=O) groups is 1. The molecule has 0 radical (unpaired) electrons. The van der Waals surface area contributed by atoms with Gasteiger partial charge in [0.15, 0.2) is 0 Å². The van der Waals surface area contributed by atoms with E-state index in [4.69, 9.17) is 0 Å². The molecule has 2 aromatic rings. The molecule has 1 N–H and O–H groups in total. The molecule has 1 fully saturated rings. The molecule has 4 heteroatoms. The zero-order chi connectivity index (χ0) is 14.1. The lowest BCUT2D eigenvalue weighted by Crippen LogP contribution is -2.33. The quantitative estimate of drug-likeness (QED) is 0.916. The standard InChI is InChI=1S/C16H17BrN2O/c1-18-15-6-7-19(10-15)16(20)13-3-2-12-9-14(17)5-4-11(12)8-13/h2-5,8-9,15,18H,6-7,10H2,1H3. The number of likely N-dealkylation sites (tertiary alicyclic amines) is 1. The number of carbonyl (C=O) groups excluding carboxylic acids is 1. The van der Waals surface area contributed by atoms with Crippen LogP contribution < -0.4 is 5.32 Å². The molecule has 0 bridgehead atoms. The number of benzene rings is 2. The van der Waals surface area contributed by atoms with E-state index in [0.717, 1.165) is 40.3 Å². The molecule has 1 amide bonds. The van der Waals surface area contributed by atoms with Crippen LogP contribution in [0.4, 0.5) is 0 Å². The van der Waals surface area contributed by atoms with Gasteiger partial charge in [0, 0.05) is 29.2 Å². The maximum atomic E-state index is 12.5. The molecule has 1 unspecified atom stereocenters. The molecule has 0 saturated carbocycles. The third kappa shape index (κ3) is 2.58. The van der Waals surface area contributed by atoms with Gasteiger partial charge in [-0.25, -0.2) is 0 Å². The molecule has 1 atom stereocenters. The van der Waals surface area contributed by atoms with Crippen LogP contribution in [-0.2, 0) is 0 Å². The summed E-state index contributed by atoms with van der Waals surface area (Å²) in [6.45, 7) is 1.64. The molecule has 0 spiro atoms. The van der Waals surface area contributed by atoms with E-state index < -0.39 is 0 Å². The van der Waals surface area contributed by atoms with Crippen molar-refractivity contribution < 1.29 is 4.79 Å². The summed E-state index contributed by atoms with van der Waals surface area (Å²) in [7, 11) is 1.95. The molecule has 1 saturated heterocycles.